The van der Waals surface area contributed by atoms with Crippen molar-refractivity contribution in [1.82, 2.24) is 10.2 Å². The molecular formula is C16H27N3OS. The van der Waals surface area contributed by atoms with Crippen molar-refractivity contribution in [2.75, 3.05) is 19.6 Å². The van der Waals surface area contributed by atoms with Gasteiger partial charge in [-0.15, -0.1) is 11.3 Å². The normalized spacial score (nSPS) is 20.2. The van der Waals surface area contributed by atoms with Crippen LogP contribution in [-0.4, -0.2) is 36.5 Å². The molecule has 2 atom stereocenters. The number of aryl methyl sites for hydroxylation is 1. The van der Waals surface area contributed by atoms with E-state index in [0.29, 0.717) is 12.0 Å². The number of piperidine rings is 1. The Morgan fingerprint density at radius 3 is 2.62 bits per heavy atom. The van der Waals surface area contributed by atoms with Crippen LogP contribution >= 0.6 is 11.3 Å². The Morgan fingerprint density at radius 1 is 1.48 bits per heavy atom. The second-order valence-electron chi connectivity index (χ2n) is 6.17. The molecule has 0 saturated carbocycles. The van der Waals surface area contributed by atoms with E-state index in [1.165, 1.54) is 9.75 Å². The summed E-state index contributed by atoms with van der Waals surface area (Å²) in [5, 5.41) is 2.94. The molecule has 1 aromatic rings. The largest absolute Gasteiger partial charge is 0.356 e. The van der Waals surface area contributed by atoms with Crippen LogP contribution in [0.2, 0.25) is 0 Å². The average molecular weight is 309 g/mol. The van der Waals surface area contributed by atoms with Crippen LogP contribution in [-0.2, 0) is 4.79 Å². The summed E-state index contributed by atoms with van der Waals surface area (Å²) in [6, 6.07) is 4.86. The van der Waals surface area contributed by atoms with Crippen LogP contribution in [0.5, 0.6) is 0 Å². The standard InChI is InChI=1S/C16H27N3OS/c1-11-4-5-15(21-11)16(12(2)17)19-8-6-14(7-9-19)10-18-13(3)20/h4-5,12,14,16H,6-10,17H2,1-3H3,(H,18,20). The molecule has 4 nitrogen and oxygen atoms in total. The Kier molecular flexibility index (Phi) is 5.79. The summed E-state index contributed by atoms with van der Waals surface area (Å²) < 4.78 is 0. The molecule has 1 fully saturated rings. The Bertz CT molecular complexity index is 464. The van der Waals surface area contributed by atoms with E-state index in [1.807, 2.05) is 11.3 Å². The van der Waals surface area contributed by atoms with E-state index in [4.69, 9.17) is 5.73 Å². The molecule has 2 unspecified atom stereocenters. The van der Waals surface area contributed by atoms with E-state index >= 15 is 0 Å². The summed E-state index contributed by atoms with van der Waals surface area (Å²) in [5.74, 6) is 0.670. The third-order valence-corrected chi connectivity index (χ3v) is 5.30. The van der Waals surface area contributed by atoms with Crippen LogP contribution in [0.15, 0.2) is 12.1 Å². The van der Waals surface area contributed by atoms with E-state index < -0.39 is 0 Å². The highest BCUT2D eigenvalue weighted by Crippen LogP contribution is 2.32. The van der Waals surface area contributed by atoms with Gasteiger partial charge in [-0.2, -0.15) is 0 Å². The first-order valence-electron chi connectivity index (χ1n) is 7.77. The topological polar surface area (TPSA) is 58.4 Å². The zero-order valence-electron chi connectivity index (χ0n) is 13.3. The minimum atomic E-state index is 0.0694. The van der Waals surface area contributed by atoms with Crippen LogP contribution in [0.3, 0.4) is 0 Å². The number of likely N-dealkylation sites (tertiary alicyclic amines) is 1. The maximum absolute atomic E-state index is 11.0. The fraction of sp³-hybridized carbons (Fsp3) is 0.688. The van der Waals surface area contributed by atoms with Crippen molar-refractivity contribution in [3.63, 3.8) is 0 Å². The van der Waals surface area contributed by atoms with Gasteiger partial charge in [0.15, 0.2) is 0 Å². The SMILES string of the molecule is CC(=O)NCC1CCN(C(c2ccc(C)s2)C(C)N)CC1. The molecule has 1 amide bonds. The summed E-state index contributed by atoms with van der Waals surface area (Å²) in [4.78, 5) is 16.2. The fourth-order valence-electron chi connectivity index (χ4n) is 3.11. The number of amides is 1. The number of nitrogens with zero attached hydrogens (tertiary/aromatic N) is 1. The van der Waals surface area contributed by atoms with Crippen molar-refractivity contribution in [3.8, 4) is 0 Å². The quantitative estimate of drug-likeness (QED) is 0.877. The molecule has 21 heavy (non-hydrogen) atoms. The van der Waals surface area contributed by atoms with Gasteiger partial charge in [-0.3, -0.25) is 9.69 Å². The molecule has 5 heteroatoms. The predicted molar refractivity (Wildman–Crippen MR) is 88.4 cm³/mol. The molecule has 0 aliphatic carbocycles. The van der Waals surface area contributed by atoms with Crippen LogP contribution in [0.25, 0.3) is 0 Å². The molecule has 2 rings (SSSR count). The summed E-state index contributed by atoms with van der Waals surface area (Å²) >= 11 is 1.85. The number of carbonyl (C=O) groups is 1. The highest BCUT2D eigenvalue weighted by atomic mass is 32.1. The first kappa shape index (κ1) is 16.5. The molecule has 118 valence electrons. The molecule has 1 saturated heterocycles. The van der Waals surface area contributed by atoms with E-state index in [1.54, 1.807) is 6.92 Å². The van der Waals surface area contributed by atoms with E-state index in [-0.39, 0.29) is 11.9 Å². The van der Waals surface area contributed by atoms with Crippen LogP contribution in [0.1, 0.15) is 42.5 Å². The van der Waals surface area contributed by atoms with Gasteiger partial charge in [0.25, 0.3) is 0 Å². The maximum Gasteiger partial charge on any atom is 0.216 e. The third-order valence-electron chi connectivity index (χ3n) is 4.23. The number of thiophene rings is 1. The van der Waals surface area contributed by atoms with Crippen LogP contribution in [0, 0.1) is 12.8 Å². The number of hydrogen-bond acceptors (Lipinski definition) is 4. The molecule has 3 N–H and O–H groups in total. The van der Waals surface area contributed by atoms with Gasteiger partial charge in [0.05, 0.1) is 6.04 Å². The number of nitrogens with one attached hydrogen (secondary N) is 1. The lowest BCUT2D eigenvalue weighted by atomic mass is 9.94. The number of carbonyl (C=O) groups excluding carboxylic acids is 1. The highest BCUT2D eigenvalue weighted by molar-refractivity contribution is 7.12. The average Bonchev–Trinajstić information content (AvgIpc) is 2.84. The molecule has 0 spiro atoms. The van der Waals surface area contributed by atoms with Gasteiger partial charge in [0.2, 0.25) is 5.91 Å². The first-order chi connectivity index (χ1) is 9.97. The zero-order valence-corrected chi connectivity index (χ0v) is 14.1. The fourth-order valence-corrected chi connectivity index (χ4v) is 4.24. The van der Waals surface area contributed by atoms with Crippen molar-refractivity contribution in [2.45, 2.75) is 45.7 Å². The minimum Gasteiger partial charge on any atom is -0.356 e. The molecule has 0 bridgehead atoms. The number of hydrogen-bond donors (Lipinski definition) is 2. The summed E-state index contributed by atoms with van der Waals surface area (Å²) in [6.07, 6.45) is 2.27. The number of nitrogens with two attached hydrogens (primary N) is 1. The lowest BCUT2D eigenvalue weighted by Crippen LogP contribution is -2.44. The van der Waals surface area contributed by atoms with Gasteiger partial charge in [0.1, 0.15) is 0 Å². The van der Waals surface area contributed by atoms with Gasteiger partial charge >= 0.3 is 0 Å². The van der Waals surface area contributed by atoms with Gasteiger partial charge < -0.3 is 11.1 Å². The van der Waals surface area contributed by atoms with Crippen LogP contribution < -0.4 is 11.1 Å². The molecule has 1 aliphatic rings. The second-order valence-corrected chi connectivity index (χ2v) is 7.49. The van der Waals surface area contributed by atoms with Crippen LogP contribution in [0.4, 0.5) is 0 Å². The molecule has 1 aromatic heterocycles. The lowest BCUT2D eigenvalue weighted by molar-refractivity contribution is -0.119. The third kappa shape index (κ3) is 4.53. The zero-order chi connectivity index (χ0) is 15.4. The maximum atomic E-state index is 11.0. The Balaban J connectivity index is 1.93. The van der Waals surface area contributed by atoms with Gasteiger partial charge in [-0.1, -0.05) is 0 Å². The Hall–Kier alpha value is -0.910. The van der Waals surface area contributed by atoms with Crippen molar-refractivity contribution in [1.29, 1.82) is 0 Å². The highest BCUT2D eigenvalue weighted by Gasteiger charge is 2.29. The van der Waals surface area contributed by atoms with Crippen molar-refractivity contribution >= 4 is 17.2 Å². The molecule has 0 radical (unpaired) electrons. The smallest absolute Gasteiger partial charge is 0.216 e. The van der Waals surface area contributed by atoms with E-state index in [2.05, 4.69) is 36.2 Å². The Morgan fingerprint density at radius 2 is 2.14 bits per heavy atom. The second kappa shape index (κ2) is 7.38. The molecular weight excluding hydrogens is 282 g/mol. The molecule has 1 aliphatic heterocycles. The summed E-state index contributed by atoms with van der Waals surface area (Å²) in [6.45, 7) is 8.76. The lowest BCUT2D eigenvalue weighted by Gasteiger charge is -2.39. The minimum absolute atomic E-state index is 0.0694. The van der Waals surface area contributed by atoms with Gasteiger partial charge in [-0.05, 0) is 57.8 Å². The molecule has 2 heterocycles. The monoisotopic (exact) mass is 309 g/mol. The van der Waals surface area contributed by atoms with Crippen molar-refractivity contribution in [3.05, 3.63) is 21.9 Å². The number of rotatable bonds is 5. The molecule has 0 aromatic carbocycles. The van der Waals surface area contributed by atoms with Gasteiger partial charge in [0, 0.05) is 29.3 Å². The van der Waals surface area contributed by atoms with Crippen molar-refractivity contribution in [2.24, 2.45) is 11.7 Å². The first-order valence-corrected chi connectivity index (χ1v) is 8.59. The van der Waals surface area contributed by atoms with Gasteiger partial charge in [-0.25, -0.2) is 0 Å². The Labute approximate surface area is 131 Å². The summed E-state index contributed by atoms with van der Waals surface area (Å²) in [7, 11) is 0. The van der Waals surface area contributed by atoms with E-state index in [9.17, 15) is 4.79 Å². The van der Waals surface area contributed by atoms with Crippen molar-refractivity contribution < 1.29 is 4.79 Å². The van der Waals surface area contributed by atoms with E-state index in [0.717, 1.165) is 32.5 Å². The summed E-state index contributed by atoms with van der Waals surface area (Å²) in [5.41, 5.74) is 6.25. The predicted octanol–water partition coefficient (Wildman–Crippen LogP) is 2.29.